The van der Waals surface area contributed by atoms with E-state index in [0.29, 0.717) is 0 Å². The second kappa shape index (κ2) is 3.35. The van der Waals surface area contributed by atoms with Gasteiger partial charge in [0.1, 0.15) is 5.69 Å². The molecular formula is C12H11NO2. The van der Waals surface area contributed by atoms with E-state index < -0.39 is 5.97 Å². The lowest BCUT2D eigenvalue weighted by molar-refractivity contribution is 0.0691. The van der Waals surface area contributed by atoms with Crippen LogP contribution in [0.15, 0.2) is 24.3 Å². The Morgan fingerprint density at radius 1 is 1.27 bits per heavy atom. The van der Waals surface area contributed by atoms with Crippen molar-refractivity contribution in [1.82, 2.24) is 4.98 Å². The Bertz CT molecular complexity index is 547. The lowest BCUT2D eigenvalue weighted by Gasteiger charge is -2.04. The molecule has 0 aliphatic heterocycles. The first-order chi connectivity index (χ1) is 7.08. The third-order valence-electron chi connectivity index (χ3n) is 2.38. The summed E-state index contributed by atoms with van der Waals surface area (Å²) in [4.78, 5) is 14.8. The van der Waals surface area contributed by atoms with Crippen molar-refractivity contribution >= 4 is 16.9 Å². The molecule has 3 heteroatoms. The molecule has 0 saturated heterocycles. The number of hydrogen-bond acceptors (Lipinski definition) is 2. The van der Waals surface area contributed by atoms with Crippen LogP contribution < -0.4 is 0 Å². The van der Waals surface area contributed by atoms with E-state index in [0.717, 1.165) is 22.0 Å². The number of aromatic nitrogens is 1. The highest BCUT2D eigenvalue weighted by Gasteiger charge is 2.06. The van der Waals surface area contributed by atoms with Crippen LogP contribution in [-0.4, -0.2) is 16.1 Å². The topological polar surface area (TPSA) is 50.2 Å². The Balaban J connectivity index is 2.76. The minimum absolute atomic E-state index is 0.0903. The number of pyridine rings is 1. The molecule has 2 rings (SSSR count). The Morgan fingerprint density at radius 3 is 2.67 bits per heavy atom. The Labute approximate surface area is 87.4 Å². The van der Waals surface area contributed by atoms with E-state index in [1.165, 1.54) is 6.07 Å². The van der Waals surface area contributed by atoms with E-state index in [9.17, 15) is 4.79 Å². The number of fused-ring (bicyclic) bond motifs is 1. The molecule has 1 N–H and O–H groups in total. The minimum atomic E-state index is -0.990. The summed E-state index contributed by atoms with van der Waals surface area (Å²) in [6.45, 7) is 3.97. The lowest BCUT2D eigenvalue weighted by atomic mass is 10.1. The number of hydrogen-bond donors (Lipinski definition) is 1. The summed E-state index contributed by atoms with van der Waals surface area (Å²) in [5, 5.41) is 9.83. The van der Waals surface area contributed by atoms with Crippen molar-refractivity contribution < 1.29 is 9.90 Å². The predicted molar refractivity (Wildman–Crippen MR) is 58.2 cm³/mol. The molecule has 0 radical (unpaired) electrons. The first-order valence-corrected chi connectivity index (χ1v) is 4.69. The van der Waals surface area contributed by atoms with Gasteiger partial charge in [-0.1, -0.05) is 12.1 Å². The van der Waals surface area contributed by atoms with E-state index in [1.54, 1.807) is 6.07 Å². The van der Waals surface area contributed by atoms with Gasteiger partial charge in [-0.05, 0) is 37.1 Å². The van der Waals surface area contributed by atoms with Gasteiger partial charge in [0.05, 0.1) is 5.52 Å². The second-order valence-electron chi connectivity index (χ2n) is 3.65. The molecule has 1 aromatic heterocycles. The fourth-order valence-electron chi connectivity index (χ4n) is 1.71. The van der Waals surface area contributed by atoms with Crippen molar-refractivity contribution in [3.8, 4) is 0 Å². The van der Waals surface area contributed by atoms with E-state index in [-0.39, 0.29) is 5.69 Å². The number of aromatic carboxylic acids is 1. The monoisotopic (exact) mass is 201 g/mol. The zero-order valence-corrected chi connectivity index (χ0v) is 8.61. The van der Waals surface area contributed by atoms with Crippen LogP contribution in [0.1, 0.15) is 21.6 Å². The molecule has 76 valence electrons. The van der Waals surface area contributed by atoms with E-state index in [1.807, 2.05) is 19.9 Å². The summed E-state index contributed by atoms with van der Waals surface area (Å²) in [6.07, 6.45) is 0. The molecule has 15 heavy (non-hydrogen) atoms. The van der Waals surface area contributed by atoms with Gasteiger partial charge in [0, 0.05) is 5.39 Å². The molecule has 0 fully saturated rings. The average Bonchev–Trinajstić information content (AvgIpc) is 2.16. The second-order valence-corrected chi connectivity index (χ2v) is 3.65. The smallest absolute Gasteiger partial charge is 0.354 e. The van der Waals surface area contributed by atoms with Crippen LogP contribution in [0.4, 0.5) is 0 Å². The highest BCUT2D eigenvalue weighted by atomic mass is 16.4. The Morgan fingerprint density at radius 2 is 2.00 bits per heavy atom. The molecular weight excluding hydrogens is 190 g/mol. The third kappa shape index (κ3) is 1.68. The predicted octanol–water partition coefficient (Wildman–Crippen LogP) is 2.55. The average molecular weight is 201 g/mol. The molecule has 2 aromatic rings. The van der Waals surface area contributed by atoms with Gasteiger partial charge in [0.15, 0.2) is 0 Å². The number of carbonyl (C=O) groups is 1. The summed E-state index contributed by atoms with van der Waals surface area (Å²) in [6, 6.07) is 7.30. The molecule has 0 saturated carbocycles. The molecule has 0 aliphatic rings. The molecule has 3 nitrogen and oxygen atoms in total. The van der Waals surface area contributed by atoms with E-state index in [4.69, 9.17) is 5.11 Å². The van der Waals surface area contributed by atoms with Crippen LogP contribution in [0.2, 0.25) is 0 Å². The summed E-state index contributed by atoms with van der Waals surface area (Å²) in [5.74, 6) is -0.990. The van der Waals surface area contributed by atoms with Gasteiger partial charge in [0.2, 0.25) is 0 Å². The highest BCUT2D eigenvalue weighted by molar-refractivity contribution is 5.90. The zero-order chi connectivity index (χ0) is 11.0. The normalized spacial score (nSPS) is 10.5. The van der Waals surface area contributed by atoms with Crippen LogP contribution in [-0.2, 0) is 0 Å². The lowest BCUT2D eigenvalue weighted by Crippen LogP contribution is -2.00. The molecule has 0 aliphatic carbocycles. The van der Waals surface area contributed by atoms with Gasteiger partial charge in [-0.25, -0.2) is 9.78 Å². The highest BCUT2D eigenvalue weighted by Crippen LogP contribution is 2.19. The molecule has 1 heterocycles. The van der Waals surface area contributed by atoms with Crippen molar-refractivity contribution in [2.75, 3.05) is 0 Å². The number of nitrogens with zero attached hydrogens (tertiary/aromatic N) is 1. The molecule has 0 amide bonds. The van der Waals surface area contributed by atoms with Crippen molar-refractivity contribution in [3.63, 3.8) is 0 Å². The minimum Gasteiger partial charge on any atom is -0.477 e. The van der Waals surface area contributed by atoms with Crippen molar-refractivity contribution in [3.05, 3.63) is 41.1 Å². The van der Waals surface area contributed by atoms with Crippen LogP contribution >= 0.6 is 0 Å². The number of carboxylic acids is 1. The van der Waals surface area contributed by atoms with Crippen molar-refractivity contribution in [2.45, 2.75) is 13.8 Å². The maximum atomic E-state index is 10.8. The molecule has 0 spiro atoms. The van der Waals surface area contributed by atoms with Crippen LogP contribution in [0.5, 0.6) is 0 Å². The summed E-state index contributed by atoms with van der Waals surface area (Å²) in [7, 11) is 0. The first-order valence-electron chi connectivity index (χ1n) is 4.69. The SMILES string of the molecule is Cc1cc(C)c2ccc(C(=O)O)nc2c1. The number of rotatable bonds is 1. The van der Waals surface area contributed by atoms with Gasteiger partial charge in [-0.2, -0.15) is 0 Å². The number of benzene rings is 1. The largest absolute Gasteiger partial charge is 0.477 e. The fourth-order valence-corrected chi connectivity index (χ4v) is 1.71. The summed E-state index contributed by atoms with van der Waals surface area (Å²) in [5.41, 5.74) is 3.05. The van der Waals surface area contributed by atoms with Crippen molar-refractivity contribution in [1.29, 1.82) is 0 Å². The van der Waals surface area contributed by atoms with E-state index in [2.05, 4.69) is 11.1 Å². The van der Waals surface area contributed by atoms with Gasteiger partial charge < -0.3 is 5.11 Å². The molecule has 0 atom stereocenters. The Hall–Kier alpha value is -1.90. The maximum absolute atomic E-state index is 10.8. The third-order valence-corrected chi connectivity index (χ3v) is 2.38. The number of carboxylic acid groups (broad SMARTS) is 1. The van der Waals surface area contributed by atoms with Gasteiger partial charge in [-0.3, -0.25) is 0 Å². The van der Waals surface area contributed by atoms with Crippen LogP contribution in [0.25, 0.3) is 10.9 Å². The maximum Gasteiger partial charge on any atom is 0.354 e. The first kappa shape index (κ1) is 9.65. The van der Waals surface area contributed by atoms with Crippen LogP contribution in [0.3, 0.4) is 0 Å². The Kier molecular flexibility index (Phi) is 2.15. The van der Waals surface area contributed by atoms with Gasteiger partial charge in [0.25, 0.3) is 0 Å². The summed E-state index contributed by atoms with van der Waals surface area (Å²) >= 11 is 0. The van der Waals surface area contributed by atoms with Gasteiger partial charge in [-0.15, -0.1) is 0 Å². The summed E-state index contributed by atoms with van der Waals surface area (Å²) < 4.78 is 0. The standard InChI is InChI=1S/C12H11NO2/c1-7-5-8(2)9-3-4-10(12(14)15)13-11(9)6-7/h3-6H,1-2H3,(H,14,15). The molecule has 0 bridgehead atoms. The molecule has 1 aromatic carbocycles. The van der Waals surface area contributed by atoms with Crippen molar-refractivity contribution in [2.24, 2.45) is 0 Å². The van der Waals surface area contributed by atoms with Crippen LogP contribution in [0, 0.1) is 13.8 Å². The fraction of sp³-hybridized carbons (Fsp3) is 0.167. The van der Waals surface area contributed by atoms with Gasteiger partial charge >= 0.3 is 5.97 Å². The zero-order valence-electron chi connectivity index (χ0n) is 8.61. The number of aryl methyl sites for hydroxylation is 2. The van der Waals surface area contributed by atoms with E-state index >= 15 is 0 Å². The molecule has 0 unspecified atom stereocenters. The quantitative estimate of drug-likeness (QED) is 0.771.